The largest absolute Gasteiger partial charge is 0.310 e. The summed E-state index contributed by atoms with van der Waals surface area (Å²) >= 11 is 1.79. The van der Waals surface area contributed by atoms with Crippen molar-refractivity contribution in [2.75, 3.05) is 4.90 Å². The maximum absolute atomic E-state index is 9.30. The number of hydrogen-bond donors (Lipinski definition) is 0. The molecule has 0 spiro atoms. The topological polar surface area (TPSA) is 3.24 Å². The lowest BCUT2D eigenvalue weighted by Crippen LogP contribution is -2.09. The van der Waals surface area contributed by atoms with E-state index in [9.17, 15) is 5.48 Å². The molecule has 1 heterocycles. The molecule has 0 amide bonds. The van der Waals surface area contributed by atoms with Gasteiger partial charge in [-0.15, -0.1) is 11.3 Å². The van der Waals surface area contributed by atoms with Gasteiger partial charge in [-0.3, -0.25) is 0 Å². The standard InChI is InChI=1S/C40H27NS/c1-2-13-32(14-3-1)41(33-23-20-29(21-24-33)36-18-9-11-28-10-4-5-16-35(28)36)34-15-8-12-30(26-34)31-22-25-40-38(27-31)37-17-6-7-19-39(37)42-40/h1-27H/i20D,21D,23D,24D. The van der Waals surface area contributed by atoms with Gasteiger partial charge < -0.3 is 4.90 Å². The van der Waals surface area contributed by atoms with Crippen LogP contribution in [0, 0.1) is 0 Å². The Hall–Kier alpha value is -5.18. The molecule has 1 nitrogen and oxygen atoms in total. The number of thiophene rings is 1. The molecular formula is C40H27NS. The lowest BCUT2D eigenvalue weighted by molar-refractivity contribution is 1.28. The summed E-state index contributed by atoms with van der Waals surface area (Å²) in [7, 11) is 0. The molecule has 0 aliphatic carbocycles. The SMILES string of the molecule is [2H]c1c([2H])c(N(c2ccccc2)c2cccc(-c3ccc4sc5ccccc5c4c3)c2)c([2H])c([2H])c1-c1cccc2ccccc12. The normalized spacial score (nSPS) is 12.7. The van der Waals surface area contributed by atoms with E-state index in [-0.39, 0.29) is 29.9 Å². The summed E-state index contributed by atoms with van der Waals surface area (Å²) in [4.78, 5) is 1.84. The van der Waals surface area contributed by atoms with E-state index >= 15 is 0 Å². The number of para-hydroxylation sites is 1. The third-order valence-electron chi connectivity index (χ3n) is 7.72. The summed E-state index contributed by atoms with van der Waals surface area (Å²) in [5, 5.41) is 4.33. The molecule has 0 N–H and O–H groups in total. The van der Waals surface area contributed by atoms with Gasteiger partial charge in [-0.25, -0.2) is 0 Å². The predicted molar refractivity (Wildman–Crippen MR) is 182 cm³/mol. The molecule has 0 atom stereocenters. The first-order chi connectivity index (χ1) is 22.5. The zero-order chi connectivity index (χ0) is 31.4. The van der Waals surface area contributed by atoms with Crippen LogP contribution in [0.2, 0.25) is 0 Å². The summed E-state index contributed by atoms with van der Waals surface area (Å²) in [6.07, 6.45) is 0. The van der Waals surface area contributed by atoms with Crippen molar-refractivity contribution in [3.05, 3.63) is 164 Å². The Morgan fingerprint density at radius 2 is 1.10 bits per heavy atom. The van der Waals surface area contributed by atoms with E-state index in [2.05, 4.69) is 54.6 Å². The molecule has 0 fully saturated rings. The van der Waals surface area contributed by atoms with Crippen molar-refractivity contribution in [2.45, 2.75) is 0 Å². The van der Waals surface area contributed by atoms with Gasteiger partial charge in [0.15, 0.2) is 0 Å². The Morgan fingerprint density at radius 1 is 0.429 bits per heavy atom. The summed E-state index contributed by atoms with van der Waals surface area (Å²) in [6, 6.07) is 46.0. The van der Waals surface area contributed by atoms with Gasteiger partial charge in [-0.2, -0.15) is 0 Å². The summed E-state index contributed by atoms with van der Waals surface area (Å²) in [5.74, 6) is 0. The van der Waals surface area contributed by atoms with Gasteiger partial charge in [0, 0.05) is 37.2 Å². The van der Waals surface area contributed by atoms with Crippen molar-refractivity contribution >= 4 is 59.3 Å². The molecule has 0 bridgehead atoms. The van der Waals surface area contributed by atoms with Gasteiger partial charge >= 0.3 is 0 Å². The van der Waals surface area contributed by atoms with Crippen LogP contribution in [0.1, 0.15) is 5.48 Å². The Labute approximate surface area is 255 Å². The monoisotopic (exact) mass is 557 g/mol. The van der Waals surface area contributed by atoms with Crippen molar-refractivity contribution in [2.24, 2.45) is 0 Å². The fraction of sp³-hybridized carbons (Fsp3) is 0. The van der Waals surface area contributed by atoms with Gasteiger partial charge in [0.05, 0.1) is 5.48 Å². The summed E-state index contributed by atoms with van der Waals surface area (Å²) in [6.45, 7) is 0. The maximum Gasteiger partial charge on any atom is 0.0645 e. The van der Waals surface area contributed by atoms with Gasteiger partial charge in [0.1, 0.15) is 0 Å². The zero-order valence-corrected chi connectivity index (χ0v) is 23.5. The van der Waals surface area contributed by atoms with Crippen LogP contribution in [0.5, 0.6) is 0 Å². The molecule has 8 rings (SSSR count). The second kappa shape index (κ2) is 10.3. The number of fused-ring (bicyclic) bond motifs is 4. The summed E-state index contributed by atoms with van der Waals surface area (Å²) < 4.78 is 39.5. The van der Waals surface area contributed by atoms with Crippen LogP contribution in [0.4, 0.5) is 17.1 Å². The highest BCUT2D eigenvalue weighted by Gasteiger charge is 2.14. The molecule has 8 aromatic rings. The maximum atomic E-state index is 9.30. The van der Waals surface area contributed by atoms with Gasteiger partial charge in [-0.05, 0) is 87.6 Å². The van der Waals surface area contributed by atoms with Gasteiger partial charge in [-0.1, -0.05) is 109 Å². The third kappa shape index (κ3) is 4.34. The fourth-order valence-electron chi connectivity index (χ4n) is 5.71. The van der Waals surface area contributed by atoms with Crippen molar-refractivity contribution in [3.63, 3.8) is 0 Å². The third-order valence-corrected chi connectivity index (χ3v) is 8.87. The van der Waals surface area contributed by atoms with Crippen molar-refractivity contribution < 1.29 is 5.48 Å². The first-order valence-corrected chi connectivity index (χ1v) is 14.8. The highest BCUT2D eigenvalue weighted by atomic mass is 32.1. The molecule has 0 saturated heterocycles. The molecule has 0 unspecified atom stereocenters. The average Bonchev–Trinajstić information content (AvgIpc) is 3.48. The minimum atomic E-state index is -0.0932. The highest BCUT2D eigenvalue weighted by molar-refractivity contribution is 7.25. The molecule has 2 heteroatoms. The molecule has 0 radical (unpaired) electrons. The van der Waals surface area contributed by atoms with E-state index in [1.54, 1.807) is 11.3 Å². The predicted octanol–water partition coefficient (Wildman–Crippen LogP) is 12.0. The second-order valence-electron chi connectivity index (χ2n) is 10.3. The number of hydrogen-bond acceptors (Lipinski definition) is 2. The van der Waals surface area contributed by atoms with E-state index in [0.29, 0.717) is 11.1 Å². The quantitative estimate of drug-likeness (QED) is 0.203. The minimum absolute atomic E-state index is 0.0702. The van der Waals surface area contributed by atoms with E-state index < -0.39 is 0 Å². The van der Waals surface area contributed by atoms with E-state index in [4.69, 9.17) is 0 Å². The number of anilines is 3. The van der Waals surface area contributed by atoms with Crippen LogP contribution in [0.3, 0.4) is 0 Å². The van der Waals surface area contributed by atoms with Gasteiger partial charge in [0.25, 0.3) is 0 Å². The van der Waals surface area contributed by atoms with Crippen LogP contribution in [-0.2, 0) is 0 Å². The van der Waals surface area contributed by atoms with Crippen molar-refractivity contribution in [3.8, 4) is 22.3 Å². The zero-order valence-electron chi connectivity index (χ0n) is 26.6. The minimum Gasteiger partial charge on any atom is -0.310 e. The molecule has 0 saturated carbocycles. The average molecular weight is 558 g/mol. The number of nitrogens with zero attached hydrogens (tertiary/aromatic N) is 1. The molecule has 1 aromatic heterocycles. The smallest absolute Gasteiger partial charge is 0.0645 e. The van der Waals surface area contributed by atoms with E-state index in [1.165, 1.54) is 20.2 Å². The lowest BCUT2D eigenvalue weighted by Gasteiger charge is -2.26. The first kappa shape index (κ1) is 20.7. The highest BCUT2D eigenvalue weighted by Crippen LogP contribution is 2.40. The Kier molecular flexibility index (Phi) is 5.08. The van der Waals surface area contributed by atoms with E-state index in [0.717, 1.165) is 33.3 Å². The first-order valence-electron chi connectivity index (χ1n) is 15.9. The van der Waals surface area contributed by atoms with Crippen molar-refractivity contribution in [1.82, 2.24) is 0 Å². The number of rotatable bonds is 5. The van der Waals surface area contributed by atoms with Crippen LogP contribution in [-0.4, -0.2) is 0 Å². The van der Waals surface area contributed by atoms with Crippen LogP contribution in [0.25, 0.3) is 53.2 Å². The Bertz CT molecular complexity index is 2400. The number of benzene rings is 7. The molecule has 7 aromatic carbocycles. The lowest BCUT2D eigenvalue weighted by atomic mass is 9.98. The van der Waals surface area contributed by atoms with Crippen LogP contribution in [0.15, 0.2) is 164 Å². The molecular weight excluding hydrogens is 527 g/mol. The van der Waals surface area contributed by atoms with E-state index in [1.807, 2.05) is 89.8 Å². The molecule has 0 aliphatic rings. The Balaban J connectivity index is 1.31. The molecule has 42 heavy (non-hydrogen) atoms. The summed E-state index contributed by atoms with van der Waals surface area (Å²) in [5.41, 5.74) is 4.76. The second-order valence-corrected chi connectivity index (χ2v) is 11.4. The molecule has 0 aliphatic heterocycles. The van der Waals surface area contributed by atoms with Crippen molar-refractivity contribution in [1.29, 1.82) is 0 Å². The van der Waals surface area contributed by atoms with Gasteiger partial charge in [0.2, 0.25) is 0 Å². The Morgan fingerprint density at radius 3 is 1.98 bits per heavy atom. The molecule has 198 valence electrons. The van der Waals surface area contributed by atoms with Crippen LogP contribution < -0.4 is 4.90 Å². The fourth-order valence-corrected chi connectivity index (χ4v) is 6.80. The van der Waals surface area contributed by atoms with Crippen LogP contribution >= 0.6 is 11.3 Å².